The van der Waals surface area contributed by atoms with Gasteiger partial charge in [-0.15, -0.1) is 0 Å². The van der Waals surface area contributed by atoms with Gasteiger partial charge in [-0.1, -0.05) is 30.3 Å². The van der Waals surface area contributed by atoms with Crippen LogP contribution in [0.5, 0.6) is 0 Å². The number of carbonyl (C=O) groups excluding carboxylic acids is 1. The first-order valence-corrected chi connectivity index (χ1v) is 9.25. The first-order valence-electron chi connectivity index (χ1n) is 8.17. The lowest BCUT2D eigenvalue weighted by molar-refractivity contribution is 0.0700. The molecule has 0 bridgehead atoms. The maximum atomic E-state index is 12.9. The SMILES string of the molecule is CCO/C(O)=C(/C#N)C1c2ccccc2C(=O)N1Cc1ccc(I)cc1. The third-order valence-corrected chi connectivity index (χ3v) is 4.95. The van der Waals surface area contributed by atoms with Gasteiger partial charge in [-0.2, -0.15) is 5.26 Å². The molecular formula is C20H17IN2O3. The molecule has 1 atom stereocenters. The van der Waals surface area contributed by atoms with Crippen molar-refractivity contribution in [1.29, 1.82) is 5.26 Å². The number of fused-ring (bicyclic) bond motifs is 1. The van der Waals surface area contributed by atoms with E-state index < -0.39 is 12.0 Å². The number of benzene rings is 2. The molecule has 0 fully saturated rings. The second kappa shape index (κ2) is 7.79. The van der Waals surface area contributed by atoms with Gasteiger partial charge < -0.3 is 14.7 Å². The predicted molar refractivity (Wildman–Crippen MR) is 105 cm³/mol. The summed E-state index contributed by atoms with van der Waals surface area (Å²) in [6, 6.07) is 16.4. The lowest BCUT2D eigenvalue weighted by Gasteiger charge is -2.25. The molecule has 1 heterocycles. The predicted octanol–water partition coefficient (Wildman–Crippen LogP) is 4.32. The van der Waals surface area contributed by atoms with Gasteiger partial charge in [0.25, 0.3) is 11.9 Å². The third-order valence-electron chi connectivity index (χ3n) is 4.23. The number of rotatable bonds is 5. The van der Waals surface area contributed by atoms with Crippen LogP contribution >= 0.6 is 22.6 Å². The fraction of sp³-hybridized carbons (Fsp3) is 0.200. The summed E-state index contributed by atoms with van der Waals surface area (Å²) in [5, 5.41) is 19.8. The lowest BCUT2D eigenvalue weighted by Crippen LogP contribution is -2.29. The number of aliphatic hydroxyl groups excluding tert-OH is 1. The number of nitrogens with zero attached hydrogens (tertiary/aromatic N) is 2. The van der Waals surface area contributed by atoms with E-state index >= 15 is 0 Å². The molecule has 1 unspecified atom stereocenters. The van der Waals surface area contributed by atoms with Crippen molar-refractivity contribution in [3.63, 3.8) is 0 Å². The quantitative estimate of drug-likeness (QED) is 0.410. The van der Waals surface area contributed by atoms with Crippen molar-refractivity contribution in [2.24, 2.45) is 0 Å². The average Bonchev–Trinajstić information content (AvgIpc) is 2.91. The van der Waals surface area contributed by atoms with Gasteiger partial charge in [-0.25, -0.2) is 0 Å². The van der Waals surface area contributed by atoms with E-state index in [9.17, 15) is 15.2 Å². The number of nitriles is 1. The van der Waals surface area contributed by atoms with Crippen LogP contribution in [0.4, 0.5) is 0 Å². The van der Waals surface area contributed by atoms with E-state index in [0.717, 1.165) is 9.13 Å². The van der Waals surface area contributed by atoms with Crippen LogP contribution in [0, 0.1) is 14.9 Å². The summed E-state index contributed by atoms with van der Waals surface area (Å²) in [7, 11) is 0. The van der Waals surface area contributed by atoms with E-state index in [-0.39, 0.29) is 18.1 Å². The van der Waals surface area contributed by atoms with Crippen LogP contribution in [-0.2, 0) is 11.3 Å². The highest BCUT2D eigenvalue weighted by Crippen LogP contribution is 2.40. The third kappa shape index (κ3) is 3.40. The highest BCUT2D eigenvalue weighted by Gasteiger charge is 2.40. The number of hydrogen-bond acceptors (Lipinski definition) is 4. The van der Waals surface area contributed by atoms with Crippen LogP contribution in [0.25, 0.3) is 0 Å². The van der Waals surface area contributed by atoms with Gasteiger partial charge in [0.05, 0.1) is 6.61 Å². The highest BCUT2D eigenvalue weighted by atomic mass is 127. The lowest BCUT2D eigenvalue weighted by atomic mass is 9.99. The van der Waals surface area contributed by atoms with Gasteiger partial charge in [0, 0.05) is 15.7 Å². The molecule has 5 nitrogen and oxygen atoms in total. The summed E-state index contributed by atoms with van der Waals surface area (Å²) in [5.41, 5.74) is 2.23. The zero-order chi connectivity index (χ0) is 18.7. The molecule has 132 valence electrons. The van der Waals surface area contributed by atoms with E-state index in [2.05, 4.69) is 22.6 Å². The maximum Gasteiger partial charge on any atom is 0.293 e. The molecule has 1 aliphatic rings. The zero-order valence-corrected chi connectivity index (χ0v) is 16.3. The second-order valence-electron chi connectivity index (χ2n) is 5.81. The Hall–Kier alpha value is -2.53. The minimum Gasteiger partial charge on any atom is -0.480 e. The van der Waals surface area contributed by atoms with Gasteiger partial charge in [-0.05, 0) is 58.8 Å². The summed E-state index contributed by atoms with van der Waals surface area (Å²) in [6.45, 7) is 2.29. The van der Waals surface area contributed by atoms with Crippen molar-refractivity contribution in [3.05, 3.63) is 80.3 Å². The topological polar surface area (TPSA) is 73.6 Å². The molecule has 0 saturated carbocycles. The maximum absolute atomic E-state index is 12.9. The smallest absolute Gasteiger partial charge is 0.293 e. The molecule has 0 saturated heterocycles. The molecular weight excluding hydrogens is 443 g/mol. The van der Waals surface area contributed by atoms with E-state index in [4.69, 9.17) is 4.74 Å². The van der Waals surface area contributed by atoms with Crippen LogP contribution in [0.2, 0.25) is 0 Å². The molecule has 1 amide bonds. The van der Waals surface area contributed by atoms with Crippen molar-refractivity contribution in [2.75, 3.05) is 6.61 Å². The number of amides is 1. The van der Waals surface area contributed by atoms with Crippen LogP contribution < -0.4 is 0 Å². The molecule has 2 aromatic carbocycles. The standard InChI is InChI=1S/C20H17IN2O3/c1-2-26-20(25)17(11-22)18-15-5-3-4-6-16(15)19(24)23(18)12-13-7-9-14(21)10-8-13/h3-10,18,25H,2,12H2,1H3/b20-17-. The molecule has 1 aliphatic heterocycles. The van der Waals surface area contributed by atoms with Crippen molar-refractivity contribution in [2.45, 2.75) is 19.5 Å². The Morgan fingerprint density at radius 2 is 1.96 bits per heavy atom. The van der Waals surface area contributed by atoms with Crippen LogP contribution in [0.3, 0.4) is 0 Å². The van der Waals surface area contributed by atoms with Crippen molar-refractivity contribution in [3.8, 4) is 6.07 Å². The molecule has 0 spiro atoms. The summed E-state index contributed by atoms with van der Waals surface area (Å²) in [4.78, 5) is 14.5. The Labute approximate surface area is 165 Å². The zero-order valence-electron chi connectivity index (χ0n) is 14.1. The monoisotopic (exact) mass is 460 g/mol. The minimum absolute atomic E-state index is 0.0376. The molecule has 26 heavy (non-hydrogen) atoms. The number of carbonyl (C=O) groups is 1. The van der Waals surface area contributed by atoms with Gasteiger partial charge in [0.15, 0.2) is 0 Å². The molecule has 6 heteroatoms. The van der Waals surface area contributed by atoms with E-state index in [0.29, 0.717) is 17.7 Å². The van der Waals surface area contributed by atoms with Gasteiger partial charge in [0.1, 0.15) is 17.7 Å². The summed E-state index contributed by atoms with van der Waals surface area (Å²) in [5.74, 6) is -0.599. The molecule has 1 N–H and O–H groups in total. The Morgan fingerprint density at radius 3 is 2.62 bits per heavy atom. The average molecular weight is 460 g/mol. The number of halogens is 1. The molecule has 2 aromatic rings. The second-order valence-corrected chi connectivity index (χ2v) is 7.06. The number of aliphatic hydroxyl groups is 1. The van der Waals surface area contributed by atoms with Crippen LogP contribution in [-0.4, -0.2) is 22.5 Å². The van der Waals surface area contributed by atoms with Crippen LogP contribution in [0.1, 0.15) is 34.5 Å². The summed E-state index contributed by atoms with van der Waals surface area (Å²) < 4.78 is 6.25. The van der Waals surface area contributed by atoms with E-state index in [1.807, 2.05) is 42.5 Å². The van der Waals surface area contributed by atoms with E-state index in [1.165, 1.54) is 0 Å². The Kier molecular flexibility index (Phi) is 5.47. The molecule has 0 aliphatic carbocycles. The molecule has 0 radical (unpaired) electrons. The molecule has 0 aromatic heterocycles. The number of ether oxygens (including phenoxy) is 1. The molecule has 3 rings (SSSR count). The fourth-order valence-corrected chi connectivity index (χ4v) is 3.43. The van der Waals surface area contributed by atoms with Crippen molar-refractivity contribution in [1.82, 2.24) is 4.90 Å². The summed E-state index contributed by atoms with van der Waals surface area (Å²) in [6.07, 6.45) is 0. The first-order chi connectivity index (χ1) is 12.6. The Morgan fingerprint density at radius 1 is 1.27 bits per heavy atom. The van der Waals surface area contributed by atoms with E-state index in [1.54, 1.807) is 24.0 Å². The first kappa shape index (κ1) is 18.3. The van der Waals surface area contributed by atoms with Crippen molar-refractivity contribution < 1.29 is 14.6 Å². The van der Waals surface area contributed by atoms with Crippen molar-refractivity contribution >= 4 is 28.5 Å². The van der Waals surface area contributed by atoms with Gasteiger partial charge >= 0.3 is 0 Å². The van der Waals surface area contributed by atoms with Gasteiger partial charge in [0.2, 0.25) is 0 Å². The number of hydrogen-bond donors (Lipinski definition) is 1. The summed E-state index contributed by atoms with van der Waals surface area (Å²) >= 11 is 2.22. The largest absolute Gasteiger partial charge is 0.480 e. The fourth-order valence-electron chi connectivity index (χ4n) is 3.07. The normalized spacial score (nSPS) is 16.7. The van der Waals surface area contributed by atoms with Gasteiger partial charge in [-0.3, -0.25) is 4.79 Å². The Bertz CT molecular complexity index is 900. The Balaban J connectivity index is 2.06. The van der Waals surface area contributed by atoms with Crippen LogP contribution in [0.15, 0.2) is 60.0 Å². The highest BCUT2D eigenvalue weighted by molar-refractivity contribution is 14.1. The minimum atomic E-state index is -0.672.